The molecule has 6 heteroatoms. The Morgan fingerprint density at radius 2 is 2.22 bits per heavy atom. The average molecular weight is 288 g/mol. The first-order chi connectivity index (χ1) is 8.55. The maximum absolute atomic E-state index is 12.3. The fourth-order valence-corrected chi connectivity index (χ4v) is 4.58. The second-order valence-corrected chi connectivity index (χ2v) is 7.84. The third-order valence-corrected chi connectivity index (χ3v) is 6.45. The van der Waals surface area contributed by atoms with Crippen molar-refractivity contribution in [3.63, 3.8) is 0 Å². The summed E-state index contributed by atoms with van der Waals surface area (Å²) in [5.74, 6) is 0. The van der Waals surface area contributed by atoms with Crippen LogP contribution in [-0.4, -0.2) is 32.4 Å². The highest BCUT2D eigenvalue weighted by Gasteiger charge is 2.35. The highest BCUT2D eigenvalue weighted by atomic mass is 32.2. The molecule has 1 fully saturated rings. The van der Waals surface area contributed by atoms with Gasteiger partial charge in [0.25, 0.3) is 10.0 Å². The zero-order chi connectivity index (χ0) is 13.2. The van der Waals surface area contributed by atoms with Gasteiger partial charge in [-0.3, -0.25) is 0 Å². The Morgan fingerprint density at radius 1 is 1.50 bits per heavy atom. The van der Waals surface area contributed by atoms with E-state index in [1.54, 1.807) is 13.1 Å². The SMILES string of the molecule is CCCNCc1csc(S(=O)(=O)N(C)C2CC2)c1. The van der Waals surface area contributed by atoms with Crippen LogP contribution in [0, 0.1) is 0 Å². The lowest BCUT2D eigenvalue weighted by atomic mass is 10.3. The predicted octanol–water partition coefficient (Wildman–Crippen LogP) is 2.03. The Labute approximate surface area is 113 Å². The minimum Gasteiger partial charge on any atom is -0.313 e. The molecule has 0 aliphatic heterocycles. The Balaban J connectivity index is 2.04. The smallest absolute Gasteiger partial charge is 0.252 e. The minimum atomic E-state index is -3.26. The van der Waals surface area contributed by atoms with E-state index in [0.717, 1.165) is 37.9 Å². The second-order valence-electron chi connectivity index (χ2n) is 4.70. The molecule has 1 N–H and O–H groups in total. The van der Waals surface area contributed by atoms with Crippen LogP contribution in [-0.2, 0) is 16.6 Å². The molecule has 0 radical (unpaired) electrons. The molecule has 4 nitrogen and oxygen atoms in total. The van der Waals surface area contributed by atoms with Gasteiger partial charge < -0.3 is 5.32 Å². The molecule has 0 aromatic carbocycles. The zero-order valence-corrected chi connectivity index (χ0v) is 12.5. The van der Waals surface area contributed by atoms with Crippen molar-refractivity contribution in [1.82, 2.24) is 9.62 Å². The van der Waals surface area contributed by atoms with Gasteiger partial charge in [-0.15, -0.1) is 11.3 Å². The van der Waals surface area contributed by atoms with Crippen LogP contribution in [0.15, 0.2) is 15.7 Å². The number of hydrogen-bond acceptors (Lipinski definition) is 4. The molecule has 0 spiro atoms. The van der Waals surface area contributed by atoms with Gasteiger partial charge in [-0.25, -0.2) is 8.42 Å². The summed E-state index contributed by atoms with van der Waals surface area (Å²) in [6.45, 7) is 3.81. The van der Waals surface area contributed by atoms with Crippen molar-refractivity contribution in [3.05, 3.63) is 17.0 Å². The zero-order valence-electron chi connectivity index (χ0n) is 10.8. The van der Waals surface area contributed by atoms with E-state index in [-0.39, 0.29) is 6.04 Å². The van der Waals surface area contributed by atoms with E-state index in [4.69, 9.17) is 0 Å². The molecule has 1 heterocycles. The van der Waals surface area contributed by atoms with E-state index in [2.05, 4.69) is 12.2 Å². The van der Waals surface area contributed by atoms with E-state index in [0.29, 0.717) is 4.21 Å². The van der Waals surface area contributed by atoms with E-state index in [1.807, 2.05) is 5.38 Å². The summed E-state index contributed by atoms with van der Waals surface area (Å²) in [5, 5.41) is 5.21. The number of sulfonamides is 1. The van der Waals surface area contributed by atoms with E-state index >= 15 is 0 Å². The van der Waals surface area contributed by atoms with Gasteiger partial charge in [0.05, 0.1) is 0 Å². The summed E-state index contributed by atoms with van der Waals surface area (Å²) in [6, 6.07) is 2.01. The Kier molecular flexibility index (Phi) is 4.42. The summed E-state index contributed by atoms with van der Waals surface area (Å²) in [4.78, 5) is 0. The molecule has 1 aliphatic rings. The highest BCUT2D eigenvalue weighted by molar-refractivity contribution is 7.91. The van der Waals surface area contributed by atoms with Crippen molar-refractivity contribution < 1.29 is 8.42 Å². The molecule has 0 unspecified atom stereocenters. The van der Waals surface area contributed by atoms with Gasteiger partial charge in [-0.05, 0) is 42.8 Å². The van der Waals surface area contributed by atoms with E-state index in [9.17, 15) is 8.42 Å². The summed E-state index contributed by atoms with van der Waals surface area (Å²) in [7, 11) is -1.58. The predicted molar refractivity (Wildman–Crippen MR) is 74.3 cm³/mol. The molecular weight excluding hydrogens is 268 g/mol. The van der Waals surface area contributed by atoms with Crippen molar-refractivity contribution in [3.8, 4) is 0 Å². The first-order valence-electron chi connectivity index (χ1n) is 6.32. The third kappa shape index (κ3) is 3.12. The topological polar surface area (TPSA) is 49.4 Å². The fraction of sp³-hybridized carbons (Fsp3) is 0.667. The molecule has 1 aliphatic carbocycles. The van der Waals surface area contributed by atoms with Gasteiger partial charge in [0.15, 0.2) is 0 Å². The molecular formula is C12H20N2O2S2. The molecule has 0 amide bonds. The molecule has 0 bridgehead atoms. The van der Waals surface area contributed by atoms with Crippen LogP contribution in [0.2, 0.25) is 0 Å². The van der Waals surface area contributed by atoms with Crippen molar-refractivity contribution in [2.75, 3.05) is 13.6 Å². The molecule has 2 rings (SSSR count). The van der Waals surface area contributed by atoms with Crippen LogP contribution in [0.1, 0.15) is 31.7 Å². The van der Waals surface area contributed by atoms with Gasteiger partial charge in [-0.1, -0.05) is 6.92 Å². The van der Waals surface area contributed by atoms with Crippen LogP contribution in [0.25, 0.3) is 0 Å². The quantitative estimate of drug-likeness (QED) is 0.781. The first kappa shape index (κ1) is 14.0. The standard InChI is InChI=1S/C12H20N2O2S2/c1-3-6-13-8-10-7-12(17-9-10)18(15,16)14(2)11-4-5-11/h7,9,11,13H,3-6,8H2,1-2H3. The van der Waals surface area contributed by atoms with Gasteiger partial charge >= 0.3 is 0 Å². The molecule has 18 heavy (non-hydrogen) atoms. The number of nitrogens with zero attached hydrogens (tertiary/aromatic N) is 1. The van der Waals surface area contributed by atoms with Crippen molar-refractivity contribution in [2.24, 2.45) is 0 Å². The highest BCUT2D eigenvalue weighted by Crippen LogP contribution is 2.32. The fourth-order valence-electron chi connectivity index (χ4n) is 1.77. The maximum atomic E-state index is 12.3. The maximum Gasteiger partial charge on any atom is 0.252 e. The Hall–Kier alpha value is -0.430. The lowest BCUT2D eigenvalue weighted by molar-refractivity contribution is 0.466. The Morgan fingerprint density at radius 3 is 2.83 bits per heavy atom. The summed E-state index contributed by atoms with van der Waals surface area (Å²) in [6.07, 6.45) is 3.07. The van der Waals surface area contributed by atoms with Gasteiger partial charge in [-0.2, -0.15) is 4.31 Å². The normalized spacial score (nSPS) is 16.4. The minimum absolute atomic E-state index is 0.221. The second kappa shape index (κ2) is 5.69. The number of nitrogens with one attached hydrogen (secondary N) is 1. The summed E-state index contributed by atoms with van der Waals surface area (Å²) in [5.41, 5.74) is 1.05. The van der Waals surface area contributed by atoms with Crippen molar-refractivity contribution in [1.29, 1.82) is 0 Å². The molecule has 1 saturated carbocycles. The largest absolute Gasteiger partial charge is 0.313 e. The average Bonchev–Trinajstić information content (AvgIpc) is 3.07. The third-order valence-electron chi connectivity index (χ3n) is 3.08. The molecule has 102 valence electrons. The molecule has 0 saturated heterocycles. The Bertz CT molecular complexity index is 492. The number of thiophene rings is 1. The van der Waals surface area contributed by atoms with Gasteiger partial charge in [0.1, 0.15) is 4.21 Å². The summed E-state index contributed by atoms with van der Waals surface area (Å²) >= 11 is 1.32. The lowest BCUT2D eigenvalue weighted by Crippen LogP contribution is -2.28. The van der Waals surface area contributed by atoms with Gasteiger partial charge in [0.2, 0.25) is 0 Å². The number of rotatable bonds is 7. The van der Waals surface area contributed by atoms with Crippen molar-refractivity contribution >= 4 is 21.4 Å². The van der Waals surface area contributed by atoms with Crippen LogP contribution >= 0.6 is 11.3 Å². The van der Waals surface area contributed by atoms with Gasteiger partial charge in [0, 0.05) is 19.6 Å². The van der Waals surface area contributed by atoms with Crippen LogP contribution in [0.3, 0.4) is 0 Å². The van der Waals surface area contributed by atoms with E-state index < -0.39 is 10.0 Å². The molecule has 1 aromatic rings. The molecule has 1 aromatic heterocycles. The van der Waals surface area contributed by atoms with E-state index in [1.165, 1.54) is 15.6 Å². The lowest BCUT2D eigenvalue weighted by Gasteiger charge is -2.14. The van der Waals surface area contributed by atoms with Crippen molar-refractivity contribution in [2.45, 2.75) is 43.0 Å². The monoisotopic (exact) mass is 288 g/mol. The van der Waals surface area contributed by atoms with Crippen LogP contribution < -0.4 is 5.32 Å². The van der Waals surface area contributed by atoms with Crippen LogP contribution in [0.5, 0.6) is 0 Å². The van der Waals surface area contributed by atoms with Crippen LogP contribution in [0.4, 0.5) is 0 Å². The summed E-state index contributed by atoms with van der Waals surface area (Å²) < 4.78 is 26.5. The number of hydrogen-bond donors (Lipinski definition) is 1. The first-order valence-corrected chi connectivity index (χ1v) is 8.64. The molecule has 0 atom stereocenters.